The van der Waals surface area contributed by atoms with Crippen LogP contribution in [0.2, 0.25) is 0 Å². The van der Waals surface area contributed by atoms with Gasteiger partial charge in [-0.3, -0.25) is 5.32 Å². The molecule has 0 aromatic heterocycles. The summed E-state index contributed by atoms with van der Waals surface area (Å²) in [6.45, 7) is 7.58. The summed E-state index contributed by atoms with van der Waals surface area (Å²) in [6.07, 6.45) is 0.582. The Bertz CT molecular complexity index is 263. The number of ether oxygens (including phenoxy) is 2. The lowest BCUT2D eigenvalue weighted by atomic mass is 10.4. The number of nitrogens with zero attached hydrogens (tertiary/aromatic N) is 1. The predicted octanol–water partition coefficient (Wildman–Crippen LogP) is 1.62. The molecule has 1 N–H and O–H groups in total. The van der Waals surface area contributed by atoms with Crippen LogP contribution in [0, 0.1) is 0 Å². The monoisotopic (exact) mass is 214 g/mol. The van der Waals surface area contributed by atoms with E-state index in [-0.39, 0.29) is 0 Å². The van der Waals surface area contributed by atoms with Crippen molar-refractivity contribution in [1.29, 1.82) is 0 Å². The van der Waals surface area contributed by atoms with Crippen molar-refractivity contribution in [3.8, 4) is 0 Å². The van der Waals surface area contributed by atoms with E-state index in [4.69, 9.17) is 9.47 Å². The van der Waals surface area contributed by atoms with E-state index >= 15 is 0 Å². The second kappa shape index (κ2) is 5.48. The van der Waals surface area contributed by atoms with Gasteiger partial charge >= 0.3 is 6.09 Å². The van der Waals surface area contributed by atoms with Crippen molar-refractivity contribution in [2.24, 2.45) is 0 Å². The Morgan fingerprint density at radius 2 is 2.33 bits per heavy atom. The molecule has 0 atom stereocenters. The predicted molar refractivity (Wildman–Crippen MR) is 55.8 cm³/mol. The standard InChI is InChI=1S/C10H18N2O3/c1-4-6-12-7-15-9(8(12)3)11-10(13)14-5-2/h4-7H2,1-3H3,(H,11,13). The molecule has 0 unspecified atom stereocenters. The van der Waals surface area contributed by atoms with Gasteiger partial charge in [0.25, 0.3) is 0 Å². The van der Waals surface area contributed by atoms with Gasteiger partial charge in [0.2, 0.25) is 5.88 Å². The molecule has 1 rings (SSSR count). The molecule has 1 aliphatic rings. The SMILES string of the molecule is CCCN1COC(NC(=O)OCC)=C1C. The molecule has 0 saturated heterocycles. The van der Waals surface area contributed by atoms with Crippen molar-refractivity contribution in [1.82, 2.24) is 10.2 Å². The maximum absolute atomic E-state index is 11.1. The zero-order chi connectivity index (χ0) is 11.3. The molecule has 15 heavy (non-hydrogen) atoms. The molecule has 1 aliphatic heterocycles. The first-order valence-corrected chi connectivity index (χ1v) is 5.21. The Morgan fingerprint density at radius 3 is 2.93 bits per heavy atom. The smallest absolute Gasteiger partial charge is 0.414 e. The quantitative estimate of drug-likeness (QED) is 0.772. The van der Waals surface area contributed by atoms with Crippen LogP contribution in [0.15, 0.2) is 11.6 Å². The van der Waals surface area contributed by atoms with E-state index in [1.807, 2.05) is 6.92 Å². The molecule has 0 radical (unpaired) electrons. The zero-order valence-corrected chi connectivity index (χ0v) is 9.50. The lowest BCUT2D eigenvalue weighted by molar-refractivity contribution is 0.123. The van der Waals surface area contributed by atoms with Gasteiger partial charge in [0.15, 0.2) is 6.73 Å². The minimum Gasteiger partial charge on any atom is -0.456 e. The van der Waals surface area contributed by atoms with Gasteiger partial charge in [-0.25, -0.2) is 4.79 Å². The fourth-order valence-electron chi connectivity index (χ4n) is 1.38. The lowest BCUT2D eigenvalue weighted by Crippen LogP contribution is -2.24. The second-order valence-corrected chi connectivity index (χ2v) is 3.30. The summed E-state index contributed by atoms with van der Waals surface area (Å²) in [5.74, 6) is 0.502. The van der Waals surface area contributed by atoms with Crippen molar-refractivity contribution in [2.75, 3.05) is 19.9 Å². The number of rotatable bonds is 4. The van der Waals surface area contributed by atoms with E-state index in [0.717, 1.165) is 18.7 Å². The highest BCUT2D eigenvalue weighted by molar-refractivity contribution is 5.69. The van der Waals surface area contributed by atoms with E-state index in [1.54, 1.807) is 6.92 Å². The molecule has 0 saturated carbocycles. The molecule has 5 nitrogen and oxygen atoms in total. The average molecular weight is 214 g/mol. The maximum Gasteiger partial charge on any atom is 0.414 e. The fourth-order valence-corrected chi connectivity index (χ4v) is 1.38. The minimum atomic E-state index is -0.467. The third kappa shape index (κ3) is 3.04. The molecule has 0 fully saturated rings. The summed E-state index contributed by atoms with van der Waals surface area (Å²) in [7, 11) is 0. The van der Waals surface area contributed by atoms with Crippen LogP contribution < -0.4 is 5.32 Å². The number of hydrogen-bond acceptors (Lipinski definition) is 4. The van der Waals surface area contributed by atoms with E-state index in [0.29, 0.717) is 19.2 Å². The topological polar surface area (TPSA) is 50.8 Å². The summed E-state index contributed by atoms with van der Waals surface area (Å²) in [5.41, 5.74) is 0.949. The molecule has 0 bridgehead atoms. The molecule has 86 valence electrons. The van der Waals surface area contributed by atoms with Gasteiger partial charge in [-0.1, -0.05) is 6.92 Å². The van der Waals surface area contributed by atoms with Gasteiger partial charge in [-0.05, 0) is 20.3 Å². The number of hydrogen-bond donors (Lipinski definition) is 1. The van der Waals surface area contributed by atoms with Gasteiger partial charge in [0, 0.05) is 6.54 Å². The van der Waals surface area contributed by atoms with Crippen LogP contribution in [0.5, 0.6) is 0 Å². The van der Waals surface area contributed by atoms with E-state index < -0.39 is 6.09 Å². The number of alkyl carbamates (subject to hydrolysis) is 1. The molecule has 0 spiro atoms. The number of amides is 1. The fraction of sp³-hybridized carbons (Fsp3) is 0.700. The van der Waals surface area contributed by atoms with Crippen LogP contribution in [0.3, 0.4) is 0 Å². The second-order valence-electron chi connectivity index (χ2n) is 3.30. The highest BCUT2D eigenvalue weighted by atomic mass is 16.6. The summed E-state index contributed by atoms with van der Waals surface area (Å²) in [6, 6.07) is 0. The van der Waals surface area contributed by atoms with Crippen LogP contribution in [-0.4, -0.2) is 30.9 Å². The van der Waals surface area contributed by atoms with E-state index in [9.17, 15) is 4.79 Å². The van der Waals surface area contributed by atoms with Gasteiger partial charge in [-0.15, -0.1) is 0 Å². The van der Waals surface area contributed by atoms with Crippen molar-refractivity contribution < 1.29 is 14.3 Å². The van der Waals surface area contributed by atoms with Gasteiger partial charge in [0.05, 0.1) is 12.3 Å². The highest BCUT2D eigenvalue weighted by Gasteiger charge is 2.21. The van der Waals surface area contributed by atoms with Crippen LogP contribution in [0.1, 0.15) is 27.2 Å². The van der Waals surface area contributed by atoms with Crippen molar-refractivity contribution in [2.45, 2.75) is 27.2 Å². The minimum absolute atomic E-state index is 0.358. The Hall–Kier alpha value is -1.39. The van der Waals surface area contributed by atoms with Gasteiger partial charge in [0.1, 0.15) is 0 Å². The van der Waals surface area contributed by atoms with Crippen molar-refractivity contribution in [3.05, 3.63) is 11.6 Å². The number of allylic oxidation sites excluding steroid dienone is 1. The van der Waals surface area contributed by atoms with Crippen LogP contribution >= 0.6 is 0 Å². The molecule has 0 aromatic carbocycles. The first kappa shape index (κ1) is 11.7. The zero-order valence-electron chi connectivity index (χ0n) is 9.50. The summed E-state index contributed by atoms with van der Waals surface area (Å²) < 4.78 is 10.1. The van der Waals surface area contributed by atoms with Crippen molar-refractivity contribution in [3.63, 3.8) is 0 Å². The van der Waals surface area contributed by atoms with Gasteiger partial charge in [-0.2, -0.15) is 0 Å². The largest absolute Gasteiger partial charge is 0.456 e. The summed E-state index contributed by atoms with van der Waals surface area (Å²) in [5, 5.41) is 2.57. The maximum atomic E-state index is 11.1. The number of carbonyl (C=O) groups excluding carboxylic acids is 1. The first-order valence-electron chi connectivity index (χ1n) is 5.21. The highest BCUT2D eigenvalue weighted by Crippen LogP contribution is 2.17. The Labute approximate surface area is 90.0 Å². The average Bonchev–Trinajstić information content (AvgIpc) is 2.51. The molecule has 1 heterocycles. The Kier molecular flexibility index (Phi) is 4.27. The lowest BCUT2D eigenvalue weighted by Gasteiger charge is -2.14. The normalized spacial score (nSPS) is 15.3. The Morgan fingerprint density at radius 1 is 1.60 bits per heavy atom. The molecule has 0 aliphatic carbocycles. The molecular weight excluding hydrogens is 196 g/mol. The third-order valence-electron chi connectivity index (χ3n) is 2.15. The molecule has 1 amide bonds. The van der Waals surface area contributed by atoms with E-state index in [1.165, 1.54) is 0 Å². The first-order chi connectivity index (χ1) is 7.19. The van der Waals surface area contributed by atoms with Crippen LogP contribution in [0.25, 0.3) is 0 Å². The Balaban J connectivity index is 2.51. The van der Waals surface area contributed by atoms with Crippen molar-refractivity contribution >= 4 is 6.09 Å². The van der Waals surface area contributed by atoms with Crippen LogP contribution in [-0.2, 0) is 9.47 Å². The number of carbonyl (C=O) groups is 1. The molecule has 5 heteroatoms. The number of nitrogens with one attached hydrogen (secondary N) is 1. The summed E-state index contributed by atoms with van der Waals surface area (Å²) >= 11 is 0. The third-order valence-corrected chi connectivity index (χ3v) is 2.15. The van der Waals surface area contributed by atoms with Crippen LogP contribution in [0.4, 0.5) is 4.79 Å². The molecular formula is C10H18N2O3. The molecule has 0 aromatic rings. The van der Waals surface area contributed by atoms with Gasteiger partial charge < -0.3 is 14.4 Å². The summed E-state index contributed by atoms with van der Waals surface area (Å²) in [4.78, 5) is 13.2. The van der Waals surface area contributed by atoms with E-state index in [2.05, 4.69) is 17.1 Å².